The number of carbonyl (C=O) groups excluding carboxylic acids is 2. The minimum absolute atomic E-state index is 0.0225. The molecule has 2 amide bonds. The smallest absolute Gasteiger partial charge is 0.242 e. The summed E-state index contributed by atoms with van der Waals surface area (Å²) >= 11 is 0. The summed E-state index contributed by atoms with van der Waals surface area (Å²) in [6.07, 6.45) is 2.84. The Labute approximate surface area is 169 Å². The summed E-state index contributed by atoms with van der Waals surface area (Å²) < 4.78 is 0. The molecule has 0 saturated carbocycles. The highest BCUT2D eigenvalue weighted by molar-refractivity contribution is 5.87. The highest BCUT2D eigenvalue weighted by atomic mass is 16.2. The maximum absolute atomic E-state index is 13.0. The van der Waals surface area contributed by atoms with Crippen molar-refractivity contribution in [3.8, 4) is 0 Å². The van der Waals surface area contributed by atoms with Gasteiger partial charge in [0.15, 0.2) is 0 Å². The second-order valence-corrected chi connectivity index (χ2v) is 7.06. The maximum Gasteiger partial charge on any atom is 0.242 e. The average Bonchev–Trinajstić information content (AvgIpc) is 2.73. The first-order chi connectivity index (χ1) is 13.5. The Morgan fingerprint density at radius 3 is 2.11 bits per heavy atom. The highest BCUT2D eigenvalue weighted by Gasteiger charge is 2.25. The lowest BCUT2D eigenvalue weighted by molar-refractivity contribution is -0.139. The molecule has 0 aromatic heterocycles. The lowest BCUT2D eigenvalue weighted by atomic mass is 10.0. The number of aryl methyl sites for hydroxylation is 2. The van der Waals surface area contributed by atoms with E-state index in [9.17, 15) is 9.59 Å². The third kappa shape index (κ3) is 6.52. The Hall–Kier alpha value is -2.62. The molecular weight excluding hydrogens is 348 g/mol. The van der Waals surface area contributed by atoms with Gasteiger partial charge in [-0.05, 0) is 49.8 Å². The Bertz CT molecular complexity index is 741. The maximum atomic E-state index is 13.0. The van der Waals surface area contributed by atoms with Crippen molar-refractivity contribution in [2.45, 2.75) is 52.5 Å². The summed E-state index contributed by atoms with van der Waals surface area (Å²) in [5.74, 6) is -0.0783. The van der Waals surface area contributed by atoms with E-state index in [1.807, 2.05) is 32.0 Å². The van der Waals surface area contributed by atoms with Crippen molar-refractivity contribution in [2.24, 2.45) is 0 Å². The van der Waals surface area contributed by atoms with Crippen LogP contribution in [0.1, 0.15) is 43.9 Å². The van der Waals surface area contributed by atoms with Crippen LogP contribution in [0.25, 0.3) is 0 Å². The molecule has 2 aromatic carbocycles. The minimum Gasteiger partial charge on any atom is -0.355 e. The Morgan fingerprint density at radius 2 is 1.50 bits per heavy atom. The van der Waals surface area contributed by atoms with Gasteiger partial charge in [-0.15, -0.1) is 0 Å². The molecule has 0 aliphatic heterocycles. The van der Waals surface area contributed by atoms with E-state index in [2.05, 4.69) is 48.6 Å². The third-order valence-electron chi connectivity index (χ3n) is 5.06. The number of likely N-dealkylation sites (N-methyl/N-ethyl adjacent to an activating group) is 1. The van der Waals surface area contributed by atoms with Gasteiger partial charge in [0.25, 0.3) is 0 Å². The first kappa shape index (κ1) is 21.7. The van der Waals surface area contributed by atoms with Crippen LogP contribution in [0, 0.1) is 0 Å². The summed E-state index contributed by atoms with van der Waals surface area (Å²) in [5.41, 5.74) is 3.61. The van der Waals surface area contributed by atoms with E-state index in [4.69, 9.17) is 0 Å². The average molecular weight is 381 g/mol. The number of carbonyl (C=O) groups is 2. The fourth-order valence-corrected chi connectivity index (χ4v) is 3.23. The van der Waals surface area contributed by atoms with Crippen molar-refractivity contribution in [1.82, 2.24) is 10.2 Å². The molecule has 4 heteroatoms. The molecule has 0 spiro atoms. The van der Waals surface area contributed by atoms with Gasteiger partial charge in [0.05, 0.1) is 0 Å². The monoisotopic (exact) mass is 380 g/mol. The van der Waals surface area contributed by atoms with Crippen LogP contribution in [-0.4, -0.2) is 35.8 Å². The summed E-state index contributed by atoms with van der Waals surface area (Å²) in [5, 5.41) is 2.83. The van der Waals surface area contributed by atoms with Crippen LogP contribution in [0.15, 0.2) is 54.6 Å². The van der Waals surface area contributed by atoms with Gasteiger partial charge in [-0.3, -0.25) is 9.59 Å². The Morgan fingerprint density at radius 1 is 0.893 bits per heavy atom. The second kappa shape index (κ2) is 11.3. The van der Waals surface area contributed by atoms with E-state index in [1.54, 1.807) is 4.90 Å². The Balaban J connectivity index is 2.02. The number of hydrogen-bond acceptors (Lipinski definition) is 2. The number of nitrogens with one attached hydrogen (secondary N) is 1. The van der Waals surface area contributed by atoms with Crippen LogP contribution in [0.3, 0.4) is 0 Å². The van der Waals surface area contributed by atoms with Crippen LogP contribution in [0.4, 0.5) is 0 Å². The van der Waals surface area contributed by atoms with Gasteiger partial charge in [0.1, 0.15) is 6.04 Å². The van der Waals surface area contributed by atoms with Crippen molar-refractivity contribution in [3.63, 3.8) is 0 Å². The number of nitrogens with zero attached hydrogens (tertiary/aromatic N) is 1. The van der Waals surface area contributed by atoms with E-state index in [0.717, 1.165) is 18.4 Å². The first-order valence-corrected chi connectivity index (χ1v) is 10.2. The van der Waals surface area contributed by atoms with Crippen molar-refractivity contribution >= 4 is 11.8 Å². The second-order valence-electron chi connectivity index (χ2n) is 7.06. The summed E-state index contributed by atoms with van der Waals surface area (Å²) in [6, 6.07) is 18.0. The number of amides is 2. The molecule has 1 atom stereocenters. The molecule has 0 aliphatic rings. The molecule has 2 aromatic rings. The molecule has 0 bridgehead atoms. The SMILES string of the molecule is CCNC(=O)[C@H](C)N(CCc1ccccc1)C(=O)CCc1ccc(CC)cc1. The largest absolute Gasteiger partial charge is 0.355 e. The van der Waals surface area contributed by atoms with Gasteiger partial charge < -0.3 is 10.2 Å². The van der Waals surface area contributed by atoms with E-state index in [0.29, 0.717) is 25.9 Å². The van der Waals surface area contributed by atoms with Crippen LogP contribution in [0.5, 0.6) is 0 Å². The zero-order valence-electron chi connectivity index (χ0n) is 17.3. The van der Waals surface area contributed by atoms with Crippen molar-refractivity contribution in [2.75, 3.05) is 13.1 Å². The third-order valence-corrected chi connectivity index (χ3v) is 5.06. The van der Waals surface area contributed by atoms with Gasteiger partial charge in [-0.25, -0.2) is 0 Å². The predicted molar refractivity (Wildman–Crippen MR) is 114 cm³/mol. The van der Waals surface area contributed by atoms with E-state index < -0.39 is 6.04 Å². The van der Waals surface area contributed by atoms with Crippen molar-refractivity contribution in [1.29, 1.82) is 0 Å². The molecule has 2 rings (SSSR count). The molecule has 0 aliphatic carbocycles. The molecule has 4 nitrogen and oxygen atoms in total. The molecule has 0 unspecified atom stereocenters. The summed E-state index contributed by atoms with van der Waals surface area (Å²) in [4.78, 5) is 27.0. The predicted octanol–water partition coefficient (Wildman–Crippen LogP) is 3.78. The van der Waals surface area contributed by atoms with Gasteiger partial charge in [-0.2, -0.15) is 0 Å². The molecule has 1 N–H and O–H groups in total. The lowest BCUT2D eigenvalue weighted by Crippen LogP contribution is -2.48. The first-order valence-electron chi connectivity index (χ1n) is 10.2. The van der Waals surface area contributed by atoms with Gasteiger partial charge in [0.2, 0.25) is 11.8 Å². The number of hydrogen-bond donors (Lipinski definition) is 1. The van der Waals surface area contributed by atoms with Crippen LogP contribution in [0.2, 0.25) is 0 Å². The van der Waals surface area contributed by atoms with Crippen LogP contribution >= 0.6 is 0 Å². The summed E-state index contributed by atoms with van der Waals surface area (Å²) in [6.45, 7) is 6.93. The van der Waals surface area contributed by atoms with E-state index in [1.165, 1.54) is 11.1 Å². The fraction of sp³-hybridized carbons (Fsp3) is 0.417. The van der Waals surface area contributed by atoms with Crippen LogP contribution < -0.4 is 5.32 Å². The minimum atomic E-state index is -0.473. The van der Waals surface area contributed by atoms with Gasteiger partial charge >= 0.3 is 0 Å². The lowest BCUT2D eigenvalue weighted by Gasteiger charge is -2.28. The van der Waals surface area contributed by atoms with Crippen molar-refractivity contribution in [3.05, 3.63) is 71.3 Å². The zero-order chi connectivity index (χ0) is 20.4. The van der Waals surface area contributed by atoms with Crippen molar-refractivity contribution < 1.29 is 9.59 Å². The van der Waals surface area contributed by atoms with Crippen LogP contribution in [-0.2, 0) is 28.9 Å². The molecule has 0 saturated heterocycles. The quantitative estimate of drug-likeness (QED) is 0.682. The molecule has 150 valence electrons. The normalized spacial score (nSPS) is 11.7. The fourth-order valence-electron chi connectivity index (χ4n) is 3.23. The zero-order valence-corrected chi connectivity index (χ0v) is 17.3. The molecule has 28 heavy (non-hydrogen) atoms. The topological polar surface area (TPSA) is 49.4 Å². The van der Waals surface area contributed by atoms with Gasteiger partial charge in [0, 0.05) is 19.5 Å². The standard InChI is InChI=1S/C24H32N2O2/c1-4-20-11-13-22(14-12-20)15-16-23(27)26(19(3)24(28)25-5-2)18-17-21-9-7-6-8-10-21/h6-14,19H,4-5,15-18H2,1-3H3,(H,25,28)/t19-/m0/s1. The Kier molecular flexibility index (Phi) is 8.73. The van der Waals surface area contributed by atoms with E-state index in [-0.39, 0.29) is 11.8 Å². The highest BCUT2D eigenvalue weighted by Crippen LogP contribution is 2.12. The molecule has 0 fully saturated rings. The number of rotatable bonds is 10. The molecule has 0 heterocycles. The van der Waals surface area contributed by atoms with Gasteiger partial charge in [-0.1, -0.05) is 61.5 Å². The van der Waals surface area contributed by atoms with E-state index >= 15 is 0 Å². The molecular formula is C24H32N2O2. The molecule has 0 radical (unpaired) electrons. The number of benzene rings is 2. The summed E-state index contributed by atoms with van der Waals surface area (Å²) in [7, 11) is 0.